The average Bonchev–Trinajstić information content (AvgIpc) is 2.48. The monoisotopic (exact) mass is 267 g/mol. The van der Waals surface area contributed by atoms with Gasteiger partial charge in [0.15, 0.2) is 0 Å². The molecule has 0 saturated heterocycles. The van der Waals surface area contributed by atoms with E-state index in [2.05, 4.69) is 32.2 Å². The second-order valence-electron chi connectivity index (χ2n) is 5.41. The van der Waals surface area contributed by atoms with E-state index >= 15 is 0 Å². The molecule has 1 atom stereocenters. The molecule has 1 unspecified atom stereocenters. The van der Waals surface area contributed by atoms with E-state index in [-0.39, 0.29) is 0 Å². The summed E-state index contributed by atoms with van der Waals surface area (Å²) in [7, 11) is 0. The van der Waals surface area contributed by atoms with Gasteiger partial charge in [0.1, 0.15) is 5.75 Å². The molecule has 1 aliphatic heterocycles. The third kappa shape index (κ3) is 2.65. The lowest BCUT2D eigenvalue weighted by Crippen LogP contribution is -2.28. The van der Waals surface area contributed by atoms with Crippen LogP contribution in [0.5, 0.6) is 5.75 Å². The van der Waals surface area contributed by atoms with Crippen molar-refractivity contribution in [1.82, 2.24) is 5.32 Å². The van der Waals surface area contributed by atoms with E-state index in [1.807, 2.05) is 6.92 Å². The zero-order chi connectivity index (χ0) is 13.3. The molecule has 100 valence electrons. The van der Waals surface area contributed by atoms with Gasteiger partial charge in [0, 0.05) is 22.7 Å². The molecule has 0 radical (unpaired) electrons. The second kappa shape index (κ2) is 5.50. The van der Waals surface area contributed by atoms with Crippen molar-refractivity contribution in [1.29, 1.82) is 0 Å². The molecule has 1 aromatic carbocycles. The predicted molar refractivity (Wildman–Crippen MR) is 76.7 cm³/mol. The van der Waals surface area contributed by atoms with Crippen LogP contribution in [0.15, 0.2) is 6.07 Å². The van der Waals surface area contributed by atoms with Gasteiger partial charge in [-0.3, -0.25) is 0 Å². The van der Waals surface area contributed by atoms with Gasteiger partial charge >= 0.3 is 0 Å². The lowest BCUT2D eigenvalue weighted by molar-refractivity contribution is 0.314. The standard InChI is InChI=1S/C15H22ClNO/c1-9(2)17-12-6-5-7-18-13-8-10(3)15(16)11(4)14(12)13/h8-9,12,17H,5-7H2,1-4H3. The van der Waals surface area contributed by atoms with Crippen molar-refractivity contribution in [3.05, 3.63) is 27.8 Å². The van der Waals surface area contributed by atoms with Gasteiger partial charge in [0.2, 0.25) is 0 Å². The normalized spacial score (nSPS) is 19.3. The summed E-state index contributed by atoms with van der Waals surface area (Å²) in [6.45, 7) is 9.28. The number of nitrogens with one attached hydrogen (secondary N) is 1. The maximum Gasteiger partial charge on any atom is 0.124 e. The molecule has 0 aliphatic carbocycles. The minimum absolute atomic E-state index is 0.348. The molecule has 0 spiro atoms. The van der Waals surface area contributed by atoms with Crippen LogP contribution in [0.25, 0.3) is 0 Å². The summed E-state index contributed by atoms with van der Waals surface area (Å²) in [5, 5.41) is 4.50. The Morgan fingerprint density at radius 1 is 1.39 bits per heavy atom. The fourth-order valence-corrected chi connectivity index (χ4v) is 2.83. The van der Waals surface area contributed by atoms with E-state index in [0.717, 1.165) is 41.3 Å². The molecule has 0 aromatic heterocycles. The number of aryl methyl sites for hydroxylation is 1. The first-order valence-electron chi connectivity index (χ1n) is 6.69. The van der Waals surface area contributed by atoms with Crippen LogP contribution in [0.2, 0.25) is 5.02 Å². The van der Waals surface area contributed by atoms with E-state index in [0.29, 0.717) is 12.1 Å². The summed E-state index contributed by atoms with van der Waals surface area (Å²) in [5.74, 6) is 1.00. The molecule has 1 aromatic rings. The number of hydrogen-bond acceptors (Lipinski definition) is 2. The van der Waals surface area contributed by atoms with Crippen LogP contribution < -0.4 is 10.1 Å². The third-order valence-electron chi connectivity index (χ3n) is 3.47. The zero-order valence-electron chi connectivity index (χ0n) is 11.6. The molecule has 0 bridgehead atoms. The Balaban J connectivity index is 2.49. The van der Waals surface area contributed by atoms with Crippen molar-refractivity contribution in [2.75, 3.05) is 6.61 Å². The highest BCUT2D eigenvalue weighted by molar-refractivity contribution is 6.32. The van der Waals surface area contributed by atoms with Gasteiger partial charge in [0.25, 0.3) is 0 Å². The molecule has 1 heterocycles. The Kier molecular flexibility index (Phi) is 4.18. The van der Waals surface area contributed by atoms with Gasteiger partial charge < -0.3 is 10.1 Å². The molecule has 3 heteroatoms. The summed E-state index contributed by atoms with van der Waals surface area (Å²) in [4.78, 5) is 0. The maximum atomic E-state index is 6.39. The van der Waals surface area contributed by atoms with E-state index in [4.69, 9.17) is 16.3 Å². The summed E-state index contributed by atoms with van der Waals surface area (Å²) in [6, 6.07) is 2.88. The van der Waals surface area contributed by atoms with Gasteiger partial charge in [-0.2, -0.15) is 0 Å². The third-order valence-corrected chi connectivity index (χ3v) is 4.05. The van der Waals surface area contributed by atoms with Gasteiger partial charge in [-0.1, -0.05) is 25.4 Å². The van der Waals surface area contributed by atoms with E-state index in [1.165, 1.54) is 5.56 Å². The molecule has 2 rings (SSSR count). The highest BCUT2D eigenvalue weighted by Crippen LogP contribution is 2.39. The molecule has 18 heavy (non-hydrogen) atoms. The number of benzene rings is 1. The largest absolute Gasteiger partial charge is 0.493 e. The van der Waals surface area contributed by atoms with Crippen molar-refractivity contribution in [3.63, 3.8) is 0 Å². The Bertz CT molecular complexity index is 443. The van der Waals surface area contributed by atoms with Gasteiger partial charge in [-0.15, -0.1) is 0 Å². The topological polar surface area (TPSA) is 21.3 Å². The predicted octanol–water partition coefficient (Wildman–Crippen LogP) is 4.17. The molecular weight excluding hydrogens is 246 g/mol. The van der Waals surface area contributed by atoms with Gasteiger partial charge in [-0.25, -0.2) is 0 Å². The molecule has 0 amide bonds. The van der Waals surface area contributed by atoms with Crippen molar-refractivity contribution in [3.8, 4) is 5.75 Å². The summed E-state index contributed by atoms with van der Waals surface area (Å²) < 4.78 is 5.88. The number of fused-ring (bicyclic) bond motifs is 1. The van der Waals surface area contributed by atoms with E-state index in [1.54, 1.807) is 0 Å². The number of hydrogen-bond donors (Lipinski definition) is 1. The average molecular weight is 268 g/mol. The summed E-state index contributed by atoms with van der Waals surface area (Å²) >= 11 is 6.39. The molecule has 1 aliphatic rings. The van der Waals surface area contributed by atoms with Crippen molar-refractivity contribution >= 4 is 11.6 Å². The van der Waals surface area contributed by atoms with E-state index in [9.17, 15) is 0 Å². The first kappa shape index (κ1) is 13.7. The summed E-state index contributed by atoms with van der Waals surface area (Å²) in [5.41, 5.74) is 3.50. The number of rotatable bonds is 2. The van der Waals surface area contributed by atoms with Crippen LogP contribution in [0, 0.1) is 13.8 Å². The Morgan fingerprint density at radius 2 is 2.11 bits per heavy atom. The van der Waals surface area contributed by atoms with Crippen molar-refractivity contribution in [2.45, 2.75) is 52.6 Å². The lowest BCUT2D eigenvalue weighted by atomic mass is 9.95. The fraction of sp³-hybridized carbons (Fsp3) is 0.600. The van der Waals surface area contributed by atoms with Crippen LogP contribution in [-0.2, 0) is 0 Å². The quantitative estimate of drug-likeness (QED) is 0.868. The number of ether oxygens (including phenoxy) is 1. The Labute approximate surface area is 115 Å². The smallest absolute Gasteiger partial charge is 0.124 e. The van der Waals surface area contributed by atoms with Crippen molar-refractivity contribution < 1.29 is 4.74 Å². The highest BCUT2D eigenvalue weighted by atomic mass is 35.5. The lowest BCUT2D eigenvalue weighted by Gasteiger charge is -2.24. The van der Waals surface area contributed by atoms with Crippen LogP contribution >= 0.6 is 11.6 Å². The first-order valence-corrected chi connectivity index (χ1v) is 7.07. The minimum atomic E-state index is 0.348. The van der Waals surface area contributed by atoms with Crippen LogP contribution in [0.1, 0.15) is 49.4 Å². The van der Waals surface area contributed by atoms with Crippen LogP contribution in [-0.4, -0.2) is 12.6 Å². The Hall–Kier alpha value is -0.730. The maximum absolute atomic E-state index is 6.39. The zero-order valence-corrected chi connectivity index (χ0v) is 12.4. The van der Waals surface area contributed by atoms with Gasteiger partial charge in [0.05, 0.1) is 6.61 Å². The molecule has 0 saturated carbocycles. The first-order chi connectivity index (χ1) is 8.50. The molecule has 1 N–H and O–H groups in total. The van der Waals surface area contributed by atoms with E-state index < -0.39 is 0 Å². The Morgan fingerprint density at radius 3 is 2.78 bits per heavy atom. The fourth-order valence-electron chi connectivity index (χ4n) is 2.67. The van der Waals surface area contributed by atoms with Crippen molar-refractivity contribution in [2.24, 2.45) is 0 Å². The molecule has 2 nitrogen and oxygen atoms in total. The second-order valence-corrected chi connectivity index (χ2v) is 5.79. The van der Waals surface area contributed by atoms with Crippen LogP contribution in [0.4, 0.5) is 0 Å². The molecular formula is C15H22ClNO. The van der Waals surface area contributed by atoms with Crippen LogP contribution in [0.3, 0.4) is 0 Å². The number of halogens is 1. The highest BCUT2D eigenvalue weighted by Gasteiger charge is 2.24. The summed E-state index contributed by atoms with van der Waals surface area (Å²) in [6.07, 6.45) is 2.18. The minimum Gasteiger partial charge on any atom is -0.493 e. The SMILES string of the molecule is Cc1cc2c(c(C)c1Cl)C(NC(C)C)CCCO2. The molecule has 0 fully saturated rings. The van der Waals surface area contributed by atoms with Gasteiger partial charge in [-0.05, 0) is 43.9 Å².